The van der Waals surface area contributed by atoms with Gasteiger partial charge >= 0.3 is 0 Å². The van der Waals surface area contributed by atoms with Crippen LogP contribution in [0.1, 0.15) is 59.3 Å². The normalized spacial score (nSPS) is 13.7. The molecule has 0 aliphatic heterocycles. The molecule has 158 valence electrons. The predicted octanol–water partition coefficient (Wildman–Crippen LogP) is 6.84. The summed E-state index contributed by atoms with van der Waals surface area (Å²) in [5.41, 5.74) is 0.900. The van der Waals surface area contributed by atoms with Crippen LogP contribution in [0.2, 0.25) is 0 Å². The number of aromatic amines is 1. The van der Waals surface area contributed by atoms with E-state index in [0.29, 0.717) is 5.88 Å². The first-order valence-corrected chi connectivity index (χ1v) is 11.5. The molecule has 6 heteroatoms. The summed E-state index contributed by atoms with van der Waals surface area (Å²) >= 11 is 7.28. The van der Waals surface area contributed by atoms with Crippen molar-refractivity contribution in [3.8, 4) is 0 Å². The van der Waals surface area contributed by atoms with Gasteiger partial charge in [0.2, 0.25) is 0 Å². The lowest BCUT2D eigenvalue weighted by molar-refractivity contribution is 0.399. The Morgan fingerprint density at radius 1 is 1.21 bits per heavy atom. The lowest BCUT2D eigenvalue weighted by atomic mass is 10.0. The van der Waals surface area contributed by atoms with Gasteiger partial charge in [0.15, 0.2) is 0 Å². The number of rotatable bonds is 4. The lowest BCUT2D eigenvalue weighted by Gasteiger charge is -2.05. The third kappa shape index (κ3) is 10.9. The number of pyridine rings is 1. The van der Waals surface area contributed by atoms with E-state index >= 15 is 0 Å². The highest BCUT2D eigenvalue weighted by Gasteiger charge is 2.06. The van der Waals surface area contributed by atoms with Crippen LogP contribution in [0.15, 0.2) is 46.6 Å². The van der Waals surface area contributed by atoms with Crippen molar-refractivity contribution in [3.05, 3.63) is 36.7 Å². The molecule has 1 aliphatic carbocycles. The molecule has 1 aliphatic rings. The van der Waals surface area contributed by atoms with Gasteiger partial charge in [-0.05, 0) is 25.1 Å². The summed E-state index contributed by atoms with van der Waals surface area (Å²) in [4.78, 5) is 13.0. The Kier molecular flexibility index (Phi) is 18.2. The van der Waals surface area contributed by atoms with E-state index in [-0.39, 0.29) is 0 Å². The number of nitrogens with zero attached hydrogens (tertiary/aromatic N) is 2. The summed E-state index contributed by atoms with van der Waals surface area (Å²) in [5, 5.41) is 9.08. The van der Waals surface area contributed by atoms with Crippen LogP contribution < -0.4 is 0 Å². The van der Waals surface area contributed by atoms with Gasteiger partial charge in [-0.1, -0.05) is 70.2 Å². The predicted molar refractivity (Wildman–Crippen MR) is 127 cm³/mol. The van der Waals surface area contributed by atoms with E-state index in [4.69, 9.17) is 16.7 Å². The Balaban J connectivity index is 0.000000607. The van der Waals surface area contributed by atoms with Crippen molar-refractivity contribution in [2.45, 2.75) is 64.2 Å². The van der Waals surface area contributed by atoms with Crippen molar-refractivity contribution in [1.29, 1.82) is 0 Å². The molecule has 0 radical (unpaired) electrons. The smallest absolute Gasteiger partial charge is 0.138 e. The van der Waals surface area contributed by atoms with Crippen LogP contribution in [-0.2, 0) is 0 Å². The molecule has 0 bridgehead atoms. The minimum atomic E-state index is 0.499. The maximum absolute atomic E-state index is 7.00. The molecule has 0 saturated heterocycles. The van der Waals surface area contributed by atoms with Crippen LogP contribution >= 0.6 is 23.4 Å². The molecular weight excluding hydrogens is 390 g/mol. The number of hydrogen-bond acceptors (Lipinski definition) is 4. The Hall–Kier alpha value is -1.30. The fraction of sp³-hybridized carbons (Fsp3) is 0.545. The van der Waals surface area contributed by atoms with E-state index in [2.05, 4.69) is 21.0 Å². The van der Waals surface area contributed by atoms with E-state index < -0.39 is 0 Å². The molecule has 28 heavy (non-hydrogen) atoms. The Morgan fingerprint density at radius 2 is 1.82 bits per heavy atom. The molecule has 1 saturated carbocycles. The largest absolute Gasteiger partial charge is 0.400 e. The zero-order valence-electron chi connectivity index (χ0n) is 17.7. The number of aromatic nitrogens is 2. The van der Waals surface area contributed by atoms with Gasteiger partial charge < -0.3 is 10.1 Å². The molecule has 4 nitrogen and oxygen atoms in total. The number of allylic oxidation sites excluding steroid dienone is 1. The van der Waals surface area contributed by atoms with Crippen molar-refractivity contribution < 1.29 is 5.11 Å². The van der Waals surface area contributed by atoms with E-state index in [1.165, 1.54) is 38.5 Å². The molecule has 0 spiro atoms. The van der Waals surface area contributed by atoms with Gasteiger partial charge in [0.05, 0.1) is 5.04 Å². The number of fused-ring (bicyclic) bond motifs is 1. The highest BCUT2D eigenvalue weighted by Crippen LogP contribution is 2.28. The zero-order valence-corrected chi connectivity index (χ0v) is 19.3. The van der Waals surface area contributed by atoms with Gasteiger partial charge in [-0.25, -0.2) is 4.98 Å². The first kappa shape index (κ1) is 26.7. The molecule has 0 unspecified atom stereocenters. The van der Waals surface area contributed by atoms with Crippen LogP contribution in [-0.4, -0.2) is 39.7 Å². The van der Waals surface area contributed by atoms with Crippen molar-refractivity contribution in [1.82, 2.24) is 9.97 Å². The van der Waals surface area contributed by atoms with Gasteiger partial charge in [0.1, 0.15) is 5.65 Å². The summed E-state index contributed by atoms with van der Waals surface area (Å²) in [7, 11) is 1.00. The van der Waals surface area contributed by atoms with E-state index in [1.807, 2.05) is 45.2 Å². The first-order valence-electron chi connectivity index (χ1n) is 10.2. The summed E-state index contributed by atoms with van der Waals surface area (Å²) in [6, 6.07) is 3.99. The van der Waals surface area contributed by atoms with Crippen molar-refractivity contribution in [2.24, 2.45) is 4.99 Å². The van der Waals surface area contributed by atoms with Crippen molar-refractivity contribution in [3.63, 3.8) is 0 Å². The molecular formula is C22H36ClN3OS. The van der Waals surface area contributed by atoms with Gasteiger partial charge in [0, 0.05) is 42.2 Å². The Bertz CT molecular complexity index is 655. The quantitative estimate of drug-likeness (QED) is 0.244. The number of hydrogen-bond donors (Lipinski definition) is 2. The van der Waals surface area contributed by atoms with Crippen LogP contribution in [0.25, 0.3) is 11.0 Å². The minimum Gasteiger partial charge on any atom is -0.400 e. The number of aliphatic hydroxyl groups excluding tert-OH is 1. The summed E-state index contributed by atoms with van der Waals surface area (Å²) in [6.07, 6.45) is 16.6. The SMILES string of the molecule is C1CCCCC1.CC.CCN=C(/C=C\CCl)Sc1c[nH]c2ncccc12.CO. The molecule has 2 aromatic heterocycles. The maximum atomic E-state index is 7.00. The number of nitrogens with one attached hydrogen (secondary N) is 1. The number of aliphatic hydroxyl groups is 1. The third-order valence-corrected chi connectivity index (χ3v) is 5.00. The maximum Gasteiger partial charge on any atom is 0.138 e. The summed E-state index contributed by atoms with van der Waals surface area (Å²) in [5.74, 6) is 0.499. The van der Waals surface area contributed by atoms with Crippen LogP contribution in [0, 0.1) is 0 Å². The van der Waals surface area contributed by atoms with Crippen molar-refractivity contribution >= 4 is 39.4 Å². The highest BCUT2D eigenvalue weighted by molar-refractivity contribution is 8.14. The topological polar surface area (TPSA) is 61.3 Å². The molecule has 2 aromatic rings. The van der Waals surface area contributed by atoms with E-state index in [0.717, 1.165) is 34.6 Å². The Morgan fingerprint density at radius 3 is 2.36 bits per heavy atom. The average Bonchev–Trinajstić information content (AvgIpc) is 3.19. The van der Waals surface area contributed by atoms with E-state index in [1.54, 1.807) is 18.0 Å². The lowest BCUT2D eigenvalue weighted by Crippen LogP contribution is -1.88. The third-order valence-electron chi connectivity index (χ3n) is 3.79. The van der Waals surface area contributed by atoms with Gasteiger partial charge in [0.25, 0.3) is 0 Å². The standard InChI is InChI=1S/C13H14ClN3S.C6H12.C2H6.CH4O/c1-2-15-12(6-3-7-14)18-11-9-17-13-10(11)5-4-8-16-13;1-2-4-6-5-3-1;2*1-2/h3-6,8-9H,2,7H2,1H3,(H,16,17);1-6H2;1-2H3;2H,1H3/b6-3-,15-12?;;;. The monoisotopic (exact) mass is 425 g/mol. The summed E-state index contributed by atoms with van der Waals surface area (Å²) < 4.78 is 0. The first-order chi connectivity index (χ1) is 13.8. The van der Waals surface area contributed by atoms with Crippen LogP contribution in [0.3, 0.4) is 0 Å². The number of H-pyrrole nitrogens is 1. The molecule has 0 aromatic carbocycles. The zero-order chi connectivity index (χ0) is 21.0. The fourth-order valence-electron chi connectivity index (χ4n) is 2.61. The van der Waals surface area contributed by atoms with E-state index in [9.17, 15) is 0 Å². The van der Waals surface area contributed by atoms with Crippen molar-refractivity contribution in [2.75, 3.05) is 19.5 Å². The molecule has 3 rings (SSSR count). The Labute approximate surface area is 179 Å². The molecule has 1 fully saturated rings. The second kappa shape index (κ2) is 19.0. The molecule has 0 atom stereocenters. The molecule has 2 heterocycles. The summed E-state index contributed by atoms with van der Waals surface area (Å²) in [6.45, 7) is 6.78. The van der Waals surface area contributed by atoms with Crippen LogP contribution in [0.4, 0.5) is 0 Å². The molecule has 2 N–H and O–H groups in total. The van der Waals surface area contributed by atoms with Gasteiger partial charge in [-0.2, -0.15) is 0 Å². The number of alkyl halides is 1. The fourth-order valence-corrected chi connectivity index (χ4v) is 3.67. The second-order valence-electron chi connectivity index (χ2n) is 5.65. The number of thioether (sulfide) groups is 1. The average molecular weight is 426 g/mol. The van der Waals surface area contributed by atoms with Gasteiger partial charge in [-0.15, -0.1) is 11.6 Å². The highest BCUT2D eigenvalue weighted by atomic mass is 35.5. The second-order valence-corrected chi connectivity index (χ2v) is 7.02. The van der Waals surface area contributed by atoms with Crippen LogP contribution in [0.5, 0.6) is 0 Å². The minimum absolute atomic E-state index is 0.499. The molecule has 0 amide bonds. The van der Waals surface area contributed by atoms with Gasteiger partial charge in [-0.3, -0.25) is 4.99 Å². The number of halogens is 1. The number of aliphatic imine (C=N–C) groups is 1.